The van der Waals surface area contributed by atoms with Gasteiger partial charge < -0.3 is 0 Å². The Morgan fingerprint density at radius 2 is 1.05 bits per heavy atom. The average molecular weight is 318 g/mol. The van der Waals surface area contributed by atoms with Gasteiger partial charge in [-0.15, -0.1) is 0 Å². The van der Waals surface area contributed by atoms with Gasteiger partial charge in [0.1, 0.15) is 0 Å². The van der Waals surface area contributed by atoms with Crippen LogP contribution >= 0.6 is 0 Å². The molecule has 0 aromatic rings. The summed E-state index contributed by atoms with van der Waals surface area (Å²) < 4.78 is 112. The standard InChI is InChI=1S/C11H15F9/c1-2-3-4-5-6-7-8(12,13)9(14,15)10(16,17)11(18,19)20/h2-7H2,1H3. The molecule has 0 aliphatic rings. The predicted molar refractivity (Wildman–Crippen MR) is 54.3 cm³/mol. The van der Waals surface area contributed by atoms with Crippen LogP contribution in [0.4, 0.5) is 39.5 Å². The molecule has 0 saturated heterocycles. The summed E-state index contributed by atoms with van der Waals surface area (Å²) in [7, 11) is 0. The fourth-order valence-electron chi connectivity index (χ4n) is 1.52. The van der Waals surface area contributed by atoms with Gasteiger partial charge in [-0.3, -0.25) is 0 Å². The Balaban J connectivity index is 4.81. The van der Waals surface area contributed by atoms with Gasteiger partial charge in [-0.25, -0.2) is 0 Å². The van der Waals surface area contributed by atoms with E-state index in [2.05, 4.69) is 0 Å². The van der Waals surface area contributed by atoms with E-state index in [9.17, 15) is 39.5 Å². The van der Waals surface area contributed by atoms with Crippen LogP contribution in [-0.4, -0.2) is 23.9 Å². The van der Waals surface area contributed by atoms with E-state index in [0.29, 0.717) is 12.8 Å². The van der Waals surface area contributed by atoms with E-state index < -0.39 is 36.8 Å². The maximum atomic E-state index is 13.0. The molecule has 0 aromatic carbocycles. The Kier molecular flexibility index (Phi) is 6.22. The predicted octanol–water partition coefficient (Wildman–Crippen LogP) is 5.82. The Morgan fingerprint density at radius 3 is 1.45 bits per heavy atom. The molecule has 0 fully saturated rings. The summed E-state index contributed by atoms with van der Waals surface area (Å²) in [6.07, 6.45) is -7.13. The van der Waals surface area contributed by atoms with Crippen molar-refractivity contribution in [3.63, 3.8) is 0 Å². The summed E-state index contributed by atoms with van der Waals surface area (Å²) in [4.78, 5) is 0. The van der Waals surface area contributed by atoms with Crippen LogP contribution in [0.25, 0.3) is 0 Å². The highest BCUT2D eigenvalue weighted by Crippen LogP contribution is 2.54. The molecule has 9 heteroatoms. The summed E-state index contributed by atoms with van der Waals surface area (Å²) in [6, 6.07) is 0. The smallest absolute Gasteiger partial charge is 0.200 e. The molecule has 0 radical (unpaired) electrons. The minimum atomic E-state index is -6.77. The second-order valence-electron chi connectivity index (χ2n) is 4.52. The topological polar surface area (TPSA) is 0 Å². The Hall–Kier alpha value is -0.630. The van der Waals surface area contributed by atoms with Gasteiger partial charge in [0.05, 0.1) is 0 Å². The van der Waals surface area contributed by atoms with Crippen LogP contribution in [0.15, 0.2) is 0 Å². The summed E-state index contributed by atoms with van der Waals surface area (Å²) >= 11 is 0. The lowest BCUT2D eigenvalue weighted by Gasteiger charge is -2.33. The van der Waals surface area contributed by atoms with Crippen molar-refractivity contribution in [2.75, 3.05) is 0 Å². The molecule has 0 spiro atoms. The van der Waals surface area contributed by atoms with E-state index >= 15 is 0 Å². The SMILES string of the molecule is CCCCCCCC(F)(F)C(F)(F)C(F)(F)C(F)(F)F. The lowest BCUT2D eigenvalue weighted by Crippen LogP contribution is -2.60. The van der Waals surface area contributed by atoms with E-state index in [4.69, 9.17) is 0 Å². The molecule has 0 aliphatic carbocycles. The second-order valence-corrected chi connectivity index (χ2v) is 4.52. The van der Waals surface area contributed by atoms with Crippen LogP contribution in [0.3, 0.4) is 0 Å². The van der Waals surface area contributed by atoms with Crippen LogP contribution in [-0.2, 0) is 0 Å². The zero-order valence-corrected chi connectivity index (χ0v) is 10.6. The highest BCUT2D eigenvalue weighted by molar-refractivity contribution is 5.00. The quantitative estimate of drug-likeness (QED) is 0.391. The van der Waals surface area contributed by atoms with Crippen LogP contribution < -0.4 is 0 Å². The van der Waals surface area contributed by atoms with Crippen LogP contribution in [0.1, 0.15) is 45.4 Å². The van der Waals surface area contributed by atoms with Crippen LogP contribution in [0.2, 0.25) is 0 Å². The lowest BCUT2D eigenvalue weighted by molar-refractivity contribution is -0.396. The summed E-state index contributed by atoms with van der Waals surface area (Å²) in [5, 5.41) is 0. The highest BCUT2D eigenvalue weighted by Gasteiger charge is 2.81. The molecule has 20 heavy (non-hydrogen) atoms. The minimum Gasteiger partial charge on any atom is -0.200 e. The molecule has 0 amide bonds. The van der Waals surface area contributed by atoms with Crippen molar-refractivity contribution >= 4 is 0 Å². The van der Waals surface area contributed by atoms with Crippen molar-refractivity contribution < 1.29 is 39.5 Å². The Labute approximate surface area is 110 Å². The van der Waals surface area contributed by atoms with Gasteiger partial charge >= 0.3 is 23.9 Å². The number of hydrogen-bond acceptors (Lipinski definition) is 0. The average Bonchev–Trinajstić information content (AvgIpc) is 2.26. The summed E-state index contributed by atoms with van der Waals surface area (Å²) in [5.74, 6) is -18.7. The third-order valence-corrected chi connectivity index (χ3v) is 2.80. The van der Waals surface area contributed by atoms with Gasteiger partial charge in [-0.05, 0) is 6.42 Å². The van der Waals surface area contributed by atoms with Gasteiger partial charge in [0.2, 0.25) is 0 Å². The van der Waals surface area contributed by atoms with E-state index in [1.165, 1.54) is 0 Å². The zero-order chi connectivity index (χ0) is 16.2. The zero-order valence-electron chi connectivity index (χ0n) is 10.6. The van der Waals surface area contributed by atoms with Gasteiger partial charge in [0, 0.05) is 6.42 Å². The lowest BCUT2D eigenvalue weighted by atomic mass is 9.98. The number of hydrogen-bond donors (Lipinski definition) is 0. The molecule has 0 atom stereocenters. The molecule has 0 saturated carbocycles. The normalized spacial score (nSPS) is 14.7. The van der Waals surface area contributed by atoms with Crippen LogP contribution in [0, 0.1) is 0 Å². The second kappa shape index (κ2) is 6.43. The van der Waals surface area contributed by atoms with Crippen molar-refractivity contribution in [2.24, 2.45) is 0 Å². The van der Waals surface area contributed by atoms with E-state index in [1.54, 1.807) is 6.92 Å². The van der Waals surface area contributed by atoms with E-state index in [-0.39, 0.29) is 6.42 Å². The third kappa shape index (κ3) is 3.94. The molecular weight excluding hydrogens is 303 g/mol. The molecule has 0 aromatic heterocycles. The van der Waals surface area contributed by atoms with Crippen molar-refractivity contribution in [1.82, 2.24) is 0 Å². The molecular formula is C11H15F9. The van der Waals surface area contributed by atoms with E-state index in [1.807, 2.05) is 0 Å². The highest BCUT2D eigenvalue weighted by atomic mass is 19.4. The van der Waals surface area contributed by atoms with Crippen molar-refractivity contribution in [3.05, 3.63) is 0 Å². The maximum Gasteiger partial charge on any atom is 0.460 e. The Morgan fingerprint density at radius 1 is 0.600 bits per heavy atom. The summed E-state index contributed by atoms with van der Waals surface area (Å²) in [6.45, 7) is 1.80. The molecule has 122 valence electrons. The van der Waals surface area contributed by atoms with Crippen molar-refractivity contribution in [2.45, 2.75) is 69.4 Å². The number of rotatable bonds is 8. The first-order valence-corrected chi connectivity index (χ1v) is 6.01. The largest absolute Gasteiger partial charge is 0.460 e. The first kappa shape index (κ1) is 19.4. The fraction of sp³-hybridized carbons (Fsp3) is 1.00. The first-order chi connectivity index (χ1) is 8.81. The van der Waals surface area contributed by atoms with Crippen molar-refractivity contribution in [1.29, 1.82) is 0 Å². The summed E-state index contributed by atoms with van der Waals surface area (Å²) in [5.41, 5.74) is 0. The van der Waals surface area contributed by atoms with Crippen molar-refractivity contribution in [3.8, 4) is 0 Å². The molecule has 0 N–H and O–H groups in total. The van der Waals surface area contributed by atoms with Gasteiger partial charge in [0.25, 0.3) is 0 Å². The number of alkyl halides is 9. The molecule has 0 unspecified atom stereocenters. The molecule has 0 aliphatic heterocycles. The Bertz CT molecular complexity index is 293. The van der Waals surface area contributed by atoms with Crippen LogP contribution in [0.5, 0.6) is 0 Å². The maximum absolute atomic E-state index is 13.0. The molecule has 0 heterocycles. The number of halogens is 9. The molecule has 0 bridgehead atoms. The first-order valence-electron chi connectivity index (χ1n) is 6.01. The van der Waals surface area contributed by atoms with Gasteiger partial charge in [-0.2, -0.15) is 39.5 Å². The third-order valence-electron chi connectivity index (χ3n) is 2.80. The monoisotopic (exact) mass is 318 g/mol. The molecule has 0 rings (SSSR count). The van der Waals surface area contributed by atoms with Gasteiger partial charge in [-0.1, -0.05) is 32.6 Å². The number of unbranched alkanes of at least 4 members (excludes halogenated alkanes) is 4. The van der Waals surface area contributed by atoms with E-state index in [0.717, 1.165) is 6.42 Å². The molecule has 0 nitrogen and oxygen atoms in total. The van der Waals surface area contributed by atoms with Gasteiger partial charge in [0.15, 0.2) is 0 Å². The fourth-order valence-corrected chi connectivity index (χ4v) is 1.52. The minimum absolute atomic E-state index is 0.0666.